The summed E-state index contributed by atoms with van der Waals surface area (Å²) in [6, 6.07) is 10.6. The number of thioether (sulfide) groups is 1. The molecule has 2 rings (SSSR count). The van der Waals surface area contributed by atoms with Gasteiger partial charge in [0, 0.05) is 17.8 Å². The lowest BCUT2D eigenvalue weighted by Crippen LogP contribution is -2.33. The van der Waals surface area contributed by atoms with Crippen LogP contribution in [-0.4, -0.2) is 17.5 Å². The molecule has 0 heterocycles. The van der Waals surface area contributed by atoms with Gasteiger partial charge in [-0.25, -0.2) is 0 Å². The van der Waals surface area contributed by atoms with Crippen LogP contribution >= 0.6 is 11.8 Å². The maximum atomic E-state index is 8.73. The second-order valence-corrected chi connectivity index (χ2v) is 5.58. The summed E-state index contributed by atoms with van der Waals surface area (Å²) >= 11 is 1.98. The van der Waals surface area contributed by atoms with Crippen LogP contribution in [0.4, 0.5) is 0 Å². The molecule has 0 spiro atoms. The van der Waals surface area contributed by atoms with Crippen molar-refractivity contribution in [2.24, 2.45) is 0 Å². The molecule has 2 unspecified atom stereocenters. The second kappa shape index (κ2) is 6.09. The molecule has 0 saturated heterocycles. The summed E-state index contributed by atoms with van der Waals surface area (Å²) in [5, 5.41) is 13.1. The zero-order chi connectivity index (χ0) is 12.1. The smallest absolute Gasteiger partial charge is 0.0991 e. The Kier molecular flexibility index (Phi) is 4.47. The average Bonchev–Trinajstić information content (AvgIpc) is 2.84. The van der Waals surface area contributed by atoms with E-state index in [9.17, 15) is 0 Å². The predicted octanol–water partition coefficient (Wildman–Crippen LogP) is 2.93. The Labute approximate surface area is 107 Å². The van der Waals surface area contributed by atoms with E-state index in [0.29, 0.717) is 6.04 Å². The zero-order valence-corrected chi connectivity index (χ0v) is 11.0. The third-order valence-corrected chi connectivity index (χ3v) is 4.58. The summed E-state index contributed by atoms with van der Waals surface area (Å²) in [5.74, 6) is 0. The summed E-state index contributed by atoms with van der Waals surface area (Å²) in [4.78, 5) is 0. The third kappa shape index (κ3) is 3.24. The first kappa shape index (κ1) is 12.5. The van der Waals surface area contributed by atoms with Gasteiger partial charge in [0.15, 0.2) is 0 Å². The largest absolute Gasteiger partial charge is 0.309 e. The van der Waals surface area contributed by atoms with Crippen LogP contribution in [0.3, 0.4) is 0 Å². The lowest BCUT2D eigenvalue weighted by molar-refractivity contribution is 0.532. The van der Waals surface area contributed by atoms with Crippen LogP contribution in [0.25, 0.3) is 0 Å². The predicted molar refractivity (Wildman–Crippen MR) is 72.9 cm³/mol. The van der Waals surface area contributed by atoms with Gasteiger partial charge in [0.25, 0.3) is 0 Å². The van der Waals surface area contributed by atoms with E-state index < -0.39 is 0 Å². The fourth-order valence-corrected chi connectivity index (χ4v) is 3.35. The van der Waals surface area contributed by atoms with E-state index in [1.54, 1.807) is 0 Å². The normalized spacial score (nSPS) is 23.5. The molecule has 1 aliphatic carbocycles. The first-order valence-electron chi connectivity index (χ1n) is 6.08. The van der Waals surface area contributed by atoms with Crippen molar-refractivity contribution >= 4 is 11.8 Å². The fourth-order valence-electron chi connectivity index (χ4n) is 2.39. The van der Waals surface area contributed by atoms with E-state index in [1.807, 2.05) is 36.0 Å². The van der Waals surface area contributed by atoms with E-state index >= 15 is 0 Å². The van der Waals surface area contributed by atoms with Crippen molar-refractivity contribution in [1.82, 2.24) is 5.32 Å². The molecule has 2 atom stereocenters. The van der Waals surface area contributed by atoms with Crippen molar-refractivity contribution < 1.29 is 0 Å². The van der Waals surface area contributed by atoms with E-state index in [4.69, 9.17) is 5.26 Å². The minimum Gasteiger partial charge on any atom is -0.309 e. The summed E-state index contributed by atoms with van der Waals surface area (Å²) in [7, 11) is 0. The van der Waals surface area contributed by atoms with Gasteiger partial charge in [-0.3, -0.25) is 0 Å². The van der Waals surface area contributed by atoms with E-state index in [1.165, 1.54) is 24.8 Å². The Morgan fingerprint density at radius 2 is 2.12 bits per heavy atom. The van der Waals surface area contributed by atoms with Crippen molar-refractivity contribution in [2.75, 3.05) is 6.26 Å². The van der Waals surface area contributed by atoms with Gasteiger partial charge in [-0.15, -0.1) is 0 Å². The summed E-state index contributed by atoms with van der Waals surface area (Å²) < 4.78 is 0. The van der Waals surface area contributed by atoms with Gasteiger partial charge in [-0.05, 0) is 36.8 Å². The SMILES string of the molecule is CSC1CCCC1NCc1ccc(C#N)cc1. The van der Waals surface area contributed by atoms with Crippen LogP contribution in [0.5, 0.6) is 0 Å². The number of hydrogen-bond donors (Lipinski definition) is 1. The molecule has 1 N–H and O–H groups in total. The molecule has 0 aromatic heterocycles. The molecule has 1 aromatic carbocycles. The Balaban J connectivity index is 1.87. The molecule has 2 nitrogen and oxygen atoms in total. The number of hydrogen-bond acceptors (Lipinski definition) is 3. The quantitative estimate of drug-likeness (QED) is 0.887. The maximum Gasteiger partial charge on any atom is 0.0991 e. The van der Waals surface area contributed by atoms with E-state index in [2.05, 4.69) is 17.6 Å². The molecule has 90 valence electrons. The van der Waals surface area contributed by atoms with Gasteiger partial charge in [-0.2, -0.15) is 17.0 Å². The molecule has 0 bridgehead atoms. The molecule has 1 aromatic rings. The highest BCUT2D eigenvalue weighted by Gasteiger charge is 2.25. The third-order valence-electron chi connectivity index (χ3n) is 3.41. The first-order chi connectivity index (χ1) is 8.33. The van der Waals surface area contributed by atoms with Crippen LogP contribution in [-0.2, 0) is 6.54 Å². The van der Waals surface area contributed by atoms with Gasteiger partial charge in [0.2, 0.25) is 0 Å². The fraction of sp³-hybridized carbons (Fsp3) is 0.500. The topological polar surface area (TPSA) is 35.8 Å². The number of nitrogens with one attached hydrogen (secondary N) is 1. The number of nitrogens with zero attached hydrogens (tertiary/aromatic N) is 1. The van der Waals surface area contributed by atoms with E-state index in [-0.39, 0.29) is 0 Å². The Morgan fingerprint density at radius 1 is 1.35 bits per heavy atom. The molecule has 1 saturated carbocycles. The molecule has 0 radical (unpaired) electrons. The molecule has 17 heavy (non-hydrogen) atoms. The molecule has 0 amide bonds. The number of nitriles is 1. The summed E-state index contributed by atoms with van der Waals surface area (Å²) in [6.45, 7) is 0.910. The molecular weight excluding hydrogens is 228 g/mol. The first-order valence-corrected chi connectivity index (χ1v) is 7.37. The van der Waals surface area contributed by atoms with Crippen molar-refractivity contribution in [3.05, 3.63) is 35.4 Å². The maximum absolute atomic E-state index is 8.73. The second-order valence-electron chi connectivity index (χ2n) is 4.50. The van der Waals surface area contributed by atoms with Gasteiger partial charge in [0.05, 0.1) is 11.6 Å². The minimum atomic E-state index is 0.653. The standard InChI is InChI=1S/C14H18N2S/c1-17-14-4-2-3-13(14)16-10-12-7-5-11(9-15)6-8-12/h5-8,13-14,16H,2-4,10H2,1H3. The van der Waals surface area contributed by atoms with Crippen molar-refractivity contribution in [3.63, 3.8) is 0 Å². The highest BCUT2D eigenvalue weighted by molar-refractivity contribution is 7.99. The lowest BCUT2D eigenvalue weighted by atomic mass is 10.1. The Bertz CT molecular complexity index is 394. The van der Waals surface area contributed by atoms with Crippen LogP contribution < -0.4 is 5.32 Å². The van der Waals surface area contributed by atoms with Crippen molar-refractivity contribution in [3.8, 4) is 6.07 Å². The zero-order valence-electron chi connectivity index (χ0n) is 10.1. The molecule has 1 fully saturated rings. The Hall–Kier alpha value is -0.980. The van der Waals surface area contributed by atoms with Gasteiger partial charge >= 0.3 is 0 Å². The Morgan fingerprint density at radius 3 is 2.76 bits per heavy atom. The highest BCUT2D eigenvalue weighted by atomic mass is 32.2. The molecule has 1 aliphatic rings. The van der Waals surface area contributed by atoms with Gasteiger partial charge in [0.1, 0.15) is 0 Å². The summed E-state index contributed by atoms with van der Waals surface area (Å²) in [6.07, 6.45) is 6.18. The monoisotopic (exact) mass is 246 g/mol. The van der Waals surface area contributed by atoms with Crippen LogP contribution in [0.1, 0.15) is 30.4 Å². The highest BCUT2D eigenvalue weighted by Crippen LogP contribution is 2.28. The number of rotatable bonds is 4. The van der Waals surface area contributed by atoms with Crippen LogP contribution in [0.2, 0.25) is 0 Å². The van der Waals surface area contributed by atoms with Gasteiger partial charge < -0.3 is 5.32 Å². The average molecular weight is 246 g/mol. The molecule has 3 heteroatoms. The van der Waals surface area contributed by atoms with Crippen molar-refractivity contribution in [1.29, 1.82) is 5.26 Å². The van der Waals surface area contributed by atoms with Crippen LogP contribution in [0, 0.1) is 11.3 Å². The number of benzene rings is 1. The summed E-state index contributed by atoms with van der Waals surface area (Å²) in [5.41, 5.74) is 1.99. The molecular formula is C14H18N2S. The van der Waals surface area contributed by atoms with E-state index in [0.717, 1.165) is 17.4 Å². The van der Waals surface area contributed by atoms with Crippen molar-refractivity contribution in [2.45, 2.75) is 37.1 Å². The lowest BCUT2D eigenvalue weighted by Gasteiger charge is -2.19. The van der Waals surface area contributed by atoms with Crippen LogP contribution in [0.15, 0.2) is 24.3 Å². The minimum absolute atomic E-state index is 0.653. The van der Waals surface area contributed by atoms with Gasteiger partial charge in [-0.1, -0.05) is 18.6 Å². The molecule has 0 aliphatic heterocycles.